The molecule has 1 amide bonds. The first kappa shape index (κ1) is 12.6. The third kappa shape index (κ3) is 4.37. The number of rotatable bonds is 6. The SMILES string of the molecule is Cc1noc(CCC(=O)NCC(O)CO)n1. The van der Waals surface area contributed by atoms with Crippen LogP contribution in [0.5, 0.6) is 0 Å². The number of aryl methyl sites for hydroxylation is 2. The zero-order valence-corrected chi connectivity index (χ0v) is 9.01. The van der Waals surface area contributed by atoms with Gasteiger partial charge < -0.3 is 20.1 Å². The molecule has 0 saturated carbocycles. The molecule has 7 heteroatoms. The van der Waals surface area contributed by atoms with Crippen molar-refractivity contribution in [3.63, 3.8) is 0 Å². The van der Waals surface area contributed by atoms with Crippen molar-refractivity contribution >= 4 is 5.91 Å². The molecule has 0 radical (unpaired) electrons. The van der Waals surface area contributed by atoms with E-state index in [0.717, 1.165) is 0 Å². The van der Waals surface area contributed by atoms with E-state index in [0.29, 0.717) is 18.1 Å². The fraction of sp³-hybridized carbons (Fsp3) is 0.667. The first-order valence-corrected chi connectivity index (χ1v) is 4.96. The number of carbonyl (C=O) groups is 1. The van der Waals surface area contributed by atoms with Crippen LogP contribution < -0.4 is 5.32 Å². The van der Waals surface area contributed by atoms with Crippen molar-refractivity contribution in [1.82, 2.24) is 15.5 Å². The van der Waals surface area contributed by atoms with Gasteiger partial charge in [-0.2, -0.15) is 4.98 Å². The maximum Gasteiger partial charge on any atom is 0.227 e. The summed E-state index contributed by atoms with van der Waals surface area (Å²) < 4.78 is 4.83. The number of nitrogens with zero attached hydrogens (tertiary/aromatic N) is 2. The van der Waals surface area contributed by atoms with Gasteiger partial charge in [-0.15, -0.1) is 0 Å². The molecule has 16 heavy (non-hydrogen) atoms. The predicted molar refractivity (Wildman–Crippen MR) is 53.5 cm³/mol. The van der Waals surface area contributed by atoms with E-state index in [9.17, 15) is 4.79 Å². The summed E-state index contributed by atoms with van der Waals surface area (Å²) in [5.41, 5.74) is 0. The highest BCUT2D eigenvalue weighted by atomic mass is 16.5. The van der Waals surface area contributed by atoms with Gasteiger partial charge in [-0.25, -0.2) is 0 Å². The molecule has 1 aromatic rings. The highest BCUT2D eigenvalue weighted by Gasteiger charge is 2.08. The Labute approximate surface area is 92.5 Å². The molecule has 90 valence electrons. The average molecular weight is 229 g/mol. The van der Waals surface area contributed by atoms with Gasteiger partial charge in [0.05, 0.1) is 12.7 Å². The third-order valence-electron chi connectivity index (χ3n) is 1.88. The van der Waals surface area contributed by atoms with Crippen LogP contribution in [0, 0.1) is 6.92 Å². The molecule has 0 aliphatic carbocycles. The molecular formula is C9H15N3O4. The van der Waals surface area contributed by atoms with Crippen LogP contribution in [0.3, 0.4) is 0 Å². The zero-order valence-electron chi connectivity index (χ0n) is 9.01. The second kappa shape index (κ2) is 6.19. The lowest BCUT2D eigenvalue weighted by atomic mass is 10.3. The lowest BCUT2D eigenvalue weighted by molar-refractivity contribution is -0.121. The molecule has 1 heterocycles. The van der Waals surface area contributed by atoms with E-state index >= 15 is 0 Å². The van der Waals surface area contributed by atoms with Crippen LogP contribution in [-0.4, -0.2) is 45.5 Å². The van der Waals surface area contributed by atoms with E-state index in [-0.39, 0.29) is 25.5 Å². The minimum absolute atomic E-state index is 0.0399. The predicted octanol–water partition coefficient (Wildman–Crippen LogP) is -1.22. The van der Waals surface area contributed by atoms with Crippen molar-refractivity contribution in [1.29, 1.82) is 0 Å². The van der Waals surface area contributed by atoms with Gasteiger partial charge in [-0.1, -0.05) is 5.16 Å². The van der Waals surface area contributed by atoms with E-state index < -0.39 is 6.10 Å². The number of aliphatic hydroxyl groups is 2. The van der Waals surface area contributed by atoms with Gasteiger partial charge in [0.1, 0.15) is 0 Å². The normalized spacial score (nSPS) is 12.4. The summed E-state index contributed by atoms with van der Waals surface area (Å²) in [6, 6.07) is 0. The summed E-state index contributed by atoms with van der Waals surface area (Å²) >= 11 is 0. The molecule has 1 atom stereocenters. The summed E-state index contributed by atoms with van der Waals surface area (Å²) in [5, 5.41) is 23.6. The van der Waals surface area contributed by atoms with Gasteiger partial charge in [0.15, 0.2) is 5.82 Å². The van der Waals surface area contributed by atoms with Crippen LogP contribution in [0.4, 0.5) is 0 Å². The zero-order chi connectivity index (χ0) is 12.0. The molecule has 0 saturated heterocycles. The molecule has 0 fully saturated rings. The Hall–Kier alpha value is -1.47. The Morgan fingerprint density at radius 3 is 2.94 bits per heavy atom. The number of aliphatic hydroxyl groups excluding tert-OH is 2. The molecular weight excluding hydrogens is 214 g/mol. The van der Waals surface area contributed by atoms with Crippen LogP contribution in [0.2, 0.25) is 0 Å². The van der Waals surface area contributed by atoms with Crippen LogP contribution in [0.1, 0.15) is 18.1 Å². The minimum atomic E-state index is -0.922. The van der Waals surface area contributed by atoms with Crippen molar-refractivity contribution in [3.8, 4) is 0 Å². The molecule has 1 aromatic heterocycles. The van der Waals surface area contributed by atoms with Crippen molar-refractivity contribution in [2.24, 2.45) is 0 Å². The minimum Gasteiger partial charge on any atom is -0.394 e. The Balaban J connectivity index is 2.20. The smallest absolute Gasteiger partial charge is 0.227 e. The fourth-order valence-electron chi connectivity index (χ4n) is 1.05. The van der Waals surface area contributed by atoms with E-state index in [1.54, 1.807) is 6.92 Å². The number of aromatic nitrogens is 2. The Kier molecular flexibility index (Phi) is 4.87. The fourth-order valence-corrected chi connectivity index (χ4v) is 1.05. The first-order valence-electron chi connectivity index (χ1n) is 4.96. The summed E-state index contributed by atoms with van der Waals surface area (Å²) in [7, 11) is 0. The second-order valence-electron chi connectivity index (χ2n) is 3.38. The lowest BCUT2D eigenvalue weighted by Crippen LogP contribution is -2.33. The molecule has 0 aromatic carbocycles. The highest BCUT2D eigenvalue weighted by molar-refractivity contribution is 5.76. The standard InChI is InChI=1S/C9H15N3O4/c1-6-11-9(16-12-6)3-2-8(15)10-4-7(14)5-13/h7,13-14H,2-5H2,1H3,(H,10,15). The molecule has 1 unspecified atom stereocenters. The van der Waals surface area contributed by atoms with Gasteiger partial charge in [0.2, 0.25) is 11.8 Å². The summed E-state index contributed by atoms with van der Waals surface area (Å²) in [5.74, 6) is 0.713. The van der Waals surface area contributed by atoms with Gasteiger partial charge in [0.25, 0.3) is 0 Å². The van der Waals surface area contributed by atoms with Crippen molar-refractivity contribution < 1.29 is 19.5 Å². The quantitative estimate of drug-likeness (QED) is 0.564. The number of nitrogens with one attached hydrogen (secondary N) is 1. The van der Waals surface area contributed by atoms with E-state index in [4.69, 9.17) is 14.7 Å². The van der Waals surface area contributed by atoms with E-state index in [2.05, 4.69) is 15.5 Å². The monoisotopic (exact) mass is 229 g/mol. The molecule has 1 rings (SSSR count). The largest absolute Gasteiger partial charge is 0.394 e. The number of hydrogen-bond acceptors (Lipinski definition) is 6. The number of hydrogen-bond donors (Lipinski definition) is 3. The topological polar surface area (TPSA) is 108 Å². The molecule has 0 spiro atoms. The van der Waals surface area contributed by atoms with Gasteiger partial charge >= 0.3 is 0 Å². The first-order chi connectivity index (χ1) is 7.61. The van der Waals surface area contributed by atoms with Crippen LogP contribution >= 0.6 is 0 Å². The van der Waals surface area contributed by atoms with Gasteiger partial charge in [0, 0.05) is 19.4 Å². The van der Waals surface area contributed by atoms with Gasteiger partial charge in [-0.3, -0.25) is 4.79 Å². The Bertz CT molecular complexity index is 339. The van der Waals surface area contributed by atoms with E-state index in [1.165, 1.54) is 0 Å². The van der Waals surface area contributed by atoms with Gasteiger partial charge in [-0.05, 0) is 6.92 Å². The maximum atomic E-state index is 11.2. The third-order valence-corrected chi connectivity index (χ3v) is 1.88. The van der Waals surface area contributed by atoms with Crippen molar-refractivity contribution in [2.75, 3.05) is 13.2 Å². The molecule has 0 bridgehead atoms. The van der Waals surface area contributed by atoms with Crippen molar-refractivity contribution in [2.45, 2.75) is 25.9 Å². The number of amides is 1. The molecule has 0 aliphatic heterocycles. The maximum absolute atomic E-state index is 11.2. The molecule has 3 N–H and O–H groups in total. The Morgan fingerprint density at radius 2 is 2.38 bits per heavy atom. The second-order valence-corrected chi connectivity index (χ2v) is 3.38. The number of carbonyl (C=O) groups excluding carboxylic acids is 1. The summed E-state index contributed by atoms with van der Waals surface area (Å²) in [6.45, 7) is 1.37. The van der Waals surface area contributed by atoms with Crippen molar-refractivity contribution in [3.05, 3.63) is 11.7 Å². The van der Waals surface area contributed by atoms with Crippen LogP contribution in [-0.2, 0) is 11.2 Å². The summed E-state index contributed by atoms with van der Waals surface area (Å²) in [6.07, 6.45) is -0.351. The van der Waals surface area contributed by atoms with E-state index in [1.807, 2.05) is 0 Å². The molecule has 0 aliphatic rings. The summed E-state index contributed by atoms with van der Waals surface area (Å²) in [4.78, 5) is 15.2. The lowest BCUT2D eigenvalue weighted by Gasteiger charge is -2.07. The molecule has 7 nitrogen and oxygen atoms in total. The highest BCUT2D eigenvalue weighted by Crippen LogP contribution is 1.99. The van der Waals surface area contributed by atoms with Crippen LogP contribution in [0.15, 0.2) is 4.52 Å². The van der Waals surface area contributed by atoms with Crippen LogP contribution in [0.25, 0.3) is 0 Å². The average Bonchev–Trinajstić information content (AvgIpc) is 2.69. The Morgan fingerprint density at radius 1 is 1.62 bits per heavy atom.